The average molecular weight is 508 g/mol. The van der Waals surface area contributed by atoms with E-state index in [2.05, 4.69) is 10.5 Å². The normalized spacial score (nSPS) is 10.7. The van der Waals surface area contributed by atoms with Crippen molar-refractivity contribution in [3.8, 4) is 17.2 Å². The molecule has 170 valence electrons. The zero-order valence-electron chi connectivity index (χ0n) is 17.2. The monoisotopic (exact) mass is 506 g/mol. The molecule has 3 aromatic carbocycles. The second-order valence-electron chi connectivity index (χ2n) is 6.44. The highest BCUT2D eigenvalue weighted by atomic mass is 35.5. The summed E-state index contributed by atoms with van der Waals surface area (Å²) in [5.74, 6) is -0.206. The highest BCUT2D eigenvalue weighted by Gasteiger charge is 2.14. The van der Waals surface area contributed by atoms with Crippen LogP contribution in [0.1, 0.15) is 15.9 Å². The molecular weight excluding hydrogens is 491 g/mol. The van der Waals surface area contributed by atoms with Crippen molar-refractivity contribution in [1.82, 2.24) is 5.43 Å². The minimum Gasteiger partial charge on any atom is -0.493 e. The van der Waals surface area contributed by atoms with Gasteiger partial charge in [-0.3, -0.25) is 4.79 Å². The number of hydrogen-bond donors (Lipinski definition) is 1. The molecular formula is C23H17Cl3N2O5. The van der Waals surface area contributed by atoms with Crippen LogP contribution in [0.4, 0.5) is 0 Å². The Labute approximate surface area is 204 Å². The summed E-state index contributed by atoms with van der Waals surface area (Å²) in [6.45, 7) is -0.256. The van der Waals surface area contributed by atoms with Crippen molar-refractivity contribution < 1.29 is 23.8 Å². The van der Waals surface area contributed by atoms with Gasteiger partial charge in [0.1, 0.15) is 5.75 Å². The number of hydrazone groups is 1. The van der Waals surface area contributed by atoms with E-state index >= 15 is 0 Å². The number of benzene rings is 3. The van der Waals surface area contributed by atoms with Crippen LogP contribution in [0.15, 0.2) is 65.8 Å². The lowest BCUT2D eigenvalue weighted by molar-refractivity contribution is -0.123. The van der Waals surface area contributed by atoms with E-state index in [9.17, 15) is 9.59 Å². The van der Waals surface area contributed by atoms with Gasteiger partial charge in [0, 0.05) is 0 Å². The second-order valence-corrected chi connectivity index (χ2v) is 7.66. The Balaban J connectivity index is 1.59. The van der Waals surface area contributed by atoms with Crippen molar-refractivity contribution in [2.75, 3.05) is 13.7 Å². The van der Waals surface area contributed by atoms with E-state index in [0.717, 1.165) is 0 Å². The van der Waals surface area contributed by atoms with Gasteiger partial charge in [-0.1, -0.05) is 46.9 Å². The lowest BCUT2D eigenvalue weighted by Gasteiger charge is -2.10. The molecule has 0 aromatic heterocycles. The second kappa shape index (κ2) is 11.6. The van der Waals surface area contributed by atoms with E-state index in [1.54, 1.807) is 36.4 Å². The third-order valence-corrected chi connectivity index (χ3v) is 5.20. The molecule has 7 nitrogen and oxygen atoms in total. The summed E-state index contributed by atoms with van der Waals surface area (Å²) in [6, 6.07) is 16.0. The number of ether oxygens (including phenoxy) is 3. The van der Waals surface area contributed by atoms with Crippen molar-refractivity contribution >= 4 is 52.9 Å². The number of nitrogens with one attached hydrogen (secondary N) is 1. The van der Waals surface area contributed by atoms with Crippen molar-refractivity contribution in [3.63, 3.8) is 0 Å². The van der Waals surface area contributed by atoms with Gasteiger partial charge in [-0.05, 0) is 54.1 Å². The fraction of sp³-hybridized carbons (Fsp3) is 0.0870. The van der Waals surface area contributed by atoms with Crippen LogP contribution in [0.3, 0.4) is 0 Å². The van der Waals surface area contributed by atoms with E-state index < -0.39 is 11.9 Å². The first-order chi connectivity index (χ1) is 15.9. The molecule has 0 aliphatic carbocycles. The standard InChI is InChI=1S/C23H17Cl3N2O5/c1-31-21-10-14(12-27-28-22(29)13-32-19-5-3-2-4-17(19)25)6-9-20(21)33-23(30)15-7-8-16(24)18(26)11-15/h2-12H,13H2,1H3,(H,28,29)/b27-12+. The van der Waals surface area contributed by atoms with Gasteiger partial charge in [-0.15, -0.1) is 0 Å². The molecule has 0 heterocycles. The Morgan fingerprint density at radius 2 is 1.70 bits per heavy atom. The first-order valence-corrected chi connectivity index (χ1v) is 10.5. The van der Waals surface area contributed by atoms with Crippen LogP contribution in [0.2, 0.25) is 15.1 Å². The van der Waals surface area contributed by atoms with Crippen LogP contribution in [0, 0.1) is 0 Å². The summed E-state index contributed by atoms with van der Waals surface area (Å²) in [6.07, 6.45) is 1.40. The zero-order chi connectivity index (χ0) is 23.8. The highest BCUT2D eigenvalue weighted by Crippen LogP contribution is 2.29. The van der Waals surface area contributed by atoms with Gasteiger partial charge in [0.05, 0.1) is 34.0 Å². The number of carbonyl (C=O) groups is 2. The number of amides is 1. The maximum Gasteiger partial charge on any atom is 0.343 e. The molecule has 0 spiro atoms. The summed E-state index contributed by atoms with van der Waals surface area (Å²) in [5, 5.41) is 4.85. The van der Waals surface area contributed by atoms with Gasteiger partial charge in [-0.2, -0.15) is 5.10 Å². The van der Waals surface area contributed by atoms with Crippen LogP contribution in [0.5, 0.6) is 17.2 Å². The number of hydrogen-bond acceptors (Lipinski definition) is 6. The Bertz CT molecular complexity index is 1200. The largest absolute Gasteiger partial charge is 0.493 e. The molecule has 1 amide bonds. The molecule has 0 saturated heterocycles. The maximum atomic E-state index is 12.4. The molecule has 1 N–H and O–H groups in total. The van der Waals surface area contributed by atoms with E-state index in [4.69, 9.17) is 49.0 Å². The van der Waals surface area contributed by atoms with Crippen molar-refractivity contribution in [2.24, 2.45) is 5.10 Å². The van der Waals surface area contributed by atoms with Gasteiger partial charge < -0.3 is 14.2 Å². The number of para-hydroxylation sites is 1. The van der Waals surface area contributed by atoms with Crippen LogP contribution >= 0.6 is 34.8 Å². The number of methoxy groups -OCH3 is 1. The minimum atomic E-state index is -0.626. The topological polar surface area (TPSA) is 86.2 Å². The number of halogens is 3. The average Bonchev–Trinajstić information content (AvgIpc) is 2.81. The van der Waals surface area contributed by atoms with Gasteiger partial charge in [0.25, 0.3) is 5.91 Å². The Hall–Kier alpha value is -3.26. The van der Waals surface area contributed by atoms with Crippen molar-refractivity contribution in [3.05, 3.63) is 86.9 Å². The van der Waals surface area contributed by atoms with E-state index in [0.29, 0.717) is 27.1 Å². The van der Waals surface area contributed by atoms with Crippen LogP contribution in [-0.4, -0.2) is 31.8 Å². The molecule has 33 heavy (non-hydrogen) atoms. The fourth-order valence-electron chi connectivity index (χ4n) is 2.55. The van der Waals surface area contributed by atoms with E-state index in [-0.39, 0.29) is 22.9 Å². The molecule has 0 radical (unpaired) electrons. The molecule has 0 aliphatic rings. The molecule has 0 fully saturated rings. The van der Waals surface area contributed by atoms with Gasteiger partial charge >= 0.3 is 5.97 Å². The fourth-order valence-corrected chi connectivity index (χ4v) is 3.04. The Morgan fingerprint density at radius 3 is 2.42 bits per heavy atom. The highest BCUT2D eigenvalue weighted by molar-refractivity contribution is 6.42. The first-order valence-electron chi connectivity index (χ1n) is 9.42. The summed E-state index contributed by atoms with van der Waals surface area (Å²) < 4.78 is 16.0. The summed E-state index contributed by atoms with van der Waals surface area (Å²) in [5.41, 5.74) is 3.18. The number of nitrogens with zero attached hydrogens (tertiary/aromatic N) is 1. The van der Waals surface area contributed by atoms with E-state index in [1.165, 1.54) is 37.6 Å². The third-order valence-electron chi connectivity index (χ3n) is 4.14. The number of rotatable bonds is 8. The maximum absolute atomic E-state index is 12.4. The smallest absolute Gasteiger partial charge is 0.343 e. The zero-order valence-corrected chi connectivity index (χ0v) is 19.4. The molecule has 3 aromatic rings. The van der Waals surface area contributed by atoms with E-state index in [1.807, 2.05) is 0 Å². The van der Waals surface area contributed by atoms with Gasteiger partial charge in [0.15, 0.2) is 18.1 Å². The quantitative estimate of drug-likeness (QED) is 0.191. The van der Waals surface area contributed by atoms with Gasteiger partial charge in [-0.25, -0.2) is 10.2 Å². The lowest BCUT2D eigenvalue weighted by Crippen LogP contribution is -2.24. The van der Waals surface area contributed by atoms with Crippen molar-refractivity contribution in [1.29, 1.82) is 0 Å². The first kappa shape index (κ1) is 24.4. The Morgan fingerprint density at radius 1 is 0.909 bits per heavy atom. The van der Waals surface area contributed by atoms with Crippen molar-refractivity contribution in [2.45, 2.75) is 0 Å². The Kier molecular flexibility index (Phi) is 8.54. The molecule has 0 aliphatic heterocycles. The number of esters is 1. The lowest BCUT2D eigenvalue weighted by atomic mass is 10.2. The van der Waals surface area contributed by atoms with Crippen LogP contribution in [-0.2, 0) is 4.79 Å². The molecule has 3 rings (SSSR count). The van der Waals surface area contributed by atoms with Crippen LogP contribution < -0.4 is 19.6 Å². The summed E-state index contributed by atoms with van der Waals surface area (Å²) >= 11 is 17.8. The third kappa shape index (κ3) is 6.86. The summed E-state index contributed by atoms with van der Waals surface area (Å²) in [4.78, 5) is 24.3. The molecule has 0 saturated carbocycles. The SMILES string of the molecule is COc1cc(/C=N/NC(=O)COc2ccccc2Cl)ccc1OC(=O)c1ccc(Cl)c(Cl)c1. The van der Waals surface area contributed by atoms with Gasteiger partial charge in [0.2, 0.25) is 0 Å². The molecule has 0 unspecified atom stereocenters. The minimum absolute atomic E-state index is 0.197. The molecule has 0 atom stereocenters. The molecule has 10 heteroatoms. The predicted octanol–water partition coefficient (Wildman–Crippen LogP) is 5.40. The summed E-state index contributed by atoms with van der Waals surface area (Å²) in [7, 11) is 1.43. The number of carbonyl (C=O) groups excluding carboxylic acids is 2. The predicted molar refractivity (Wildman–Crippen MR) is 127 cm³/mol. The van der Waals surface area contributed by atoms with Crippen LogP contribution in [0.25, 0.3) is 0 Å². The molecule has 0 bridgehead atoms.